The van der Waals surface area contributed by atoms with E-state index in [9.17, 15) is 9.90 Å². The van der Waals surface area contributed by atoms with E-state index in [0.29, 0.717) is 11.4 Å². The Balaban J connectivity index is 0.00000200. The summed E-state index contributed by atoms with van der Waals surface area (Å²) >= 11 is 0. The molecule has 2 N–H and O–H groups in total. The third-order valence-electron chi connectivity index (χ3n) is 2.71. The van der Waals surface area contributed by atoms with Crippen molar-refractivity contribution in [1.82, 2.24) is 4.98 Å². The van der Waals surface area contributed by atoms with Crippen LogP contribution in [0, 0.1) is 13.8 Å². The molecular formula is C15H17ClN2O2. The Bertz CT molecular complexity index is 567. The fraction of sp³-hybridized carbons (Fsp3) is 0.200. The van der Waals surface area contributed by atoms with Crippen molar-refractivity contribution in [3.63, 3.8) is 0 Å². The minimum atomic E-state index is -1.19. The van der Waals surface area contributed by atoms with Crippen molar-refractivity contribution in [1.29, 1.82) is 0 Å². The van der Waals surface area contributed by atoms with E-state index in [-0.39, 0.29) is 12.4 Å². The Morgan fingerprint density at radius 2 is 1.85 bits per heavy atom. The number of aliphatic hydroxyl groups excluding tert-OH is 1. The van der Waals surface area contributed by atoms with Gasteiger partial charge in [0.2, 0.25) is 0 Å². The van der Waals surface area contributed by atoms with E-state index in [1.54, 1.807) is 30.3 Å². The molecule has 1 amide bonds. The second kappa shape index (κ2) is 7.03. The number of halogens is 1. The van der Waals surface area contributed by atoms with E-state index in [2.05, 4.69) is 10.3 Å². The Kier molecular flexibility index (Phi) is 5.67. The number of nitrogens with zero attached hydrogens (tertiary/aromatic N) is 1. The molecule has 0 saturated heterocycles. The van der Waals surface area contributed by atoms with Crippen molar-refractivity contribution in [2.45, 2.75) is 20.0 Å². The summed E-state index contributed by atoms with van der Waals surface area (Å²) in [5.74, 6) is -0.0267. The van der Waals surface area contributed by atoms with Crippen LogP contribution < -0.4 is 5.32 Å². The molecule has 4 nitrogen and oxygen atoms in total. The van der Waals surface area contributed by atoms with Crippen LogP contribution in [0.1, 0.15) is 22.9 Å². The Morgan fingerprint density at radius 1 is 1.20 bits per heavy atom. The number of benzene rings is 1. The van der Waals surface area contributed by atoms with E-state index < -0.39 is 12.0 Å². The number of pyridine rings is 1. The van der Waals surface area contributed by atoms with Gasteiger partial charge >= 0.3 is 0 Å². The summed E-state index contributed by atoms with van der Waals surface area (Å²) in [6, 6.07) is 12.5. The lowest BCUT2D eigenvalue weighted by atomic mass is 10.1. The first-order valence-electron chi connectivity index (χ1n) is 6.05. The van der Waals surface area contributed by atoms with Crippen LogP contribution in [0.25, 0.3) is 0 Å². The Morgan fingerprint density at radius 3 is 2.45 bits per heavy atom. The predicted octanol–water partition coefficient (Wildman–Crippen LogP) is 2.79. The maximum absolute atomic E-state index is 11.9. The van der Waals surface area contributed by atoms with Crippen molar-refractivity contribution in [2.75, 3.05) is 5.32 Å². The number of carbonyl (C=O) groups excluding carboxylic acids is 1. The molecule has 0 aliphatic rings. The lowest BCUT2D eigenvalue weighted by Crippen LogP contribution is -2.21. The summed E-state index contributed by atoms with van der Waals surface area (Å²) in [4.78, 5) is 16.1. The van der Waals surface area contributed by atoms with Crippen LogP contribution in [0.5, 0.6) is 0 Å². The van der Waals surface area contributed by atoms with Crippen LogP contribution in [0.2, 0.25) is 0 Å². The zero-order valence-corrected chi connectivity index (χ0v) is 12.1. The van der Waals surface area contributed by atoms with Crippen LogP contribution >= 0.6 is 12.4 Å². The maximum atomic E-state index is 11.9. The molecule has 1 atom stereocenters. The molecule has 2 rings (SSSR count). The van der Waals surface area contributed by atoms with Gasteiger partial charge in [-0.05, 0) is 37.1 Å². The van der Waals surface area contributed by atoms with Crippen LogP contribution in [-0.4, -0.2) is 16.0 Å². The maximum Gasteiger partial charge on any atom is 0.258 e. The van der Waals surface area contributed by atoms with E-state index in [0.717, 1.165) is 11.3 Å². The SMILES string of the molecule is Cc1cc(C)nc(NC(=O)C(O)c2ccccc2)c1.Cl. The highest BCUT2D eigenvalue weighted by atomic mass is 35.5. The summed E-state index contributed by atoms with van der Waals surface area (Å²) in [7, 11) is 0. The van der Waals surface area contributed by atoms with Gasteiger partial charge in [0.15, 0.2) is 6.10 Å². The van der Waals surface area contributed by atoms with E-state index in [1.807, 2.05) is 26.0 Å². The molecule has 106 valence electrons. The van der Waals surface area contributed by atoms with Crippen molar-refractivity contribution in [3.8, 4) is 0 Å². The number of carbonyl (C=O) groups is 1. The minimum Gasteiger partial charge on any atom is -0.378 e. The van der Waals surface area contributed by atoms with Crippen molar-refractivity contribution >= 4 is 24.1 Å². The minimum absolute atomic E-state index is 0. The summed E-state index contributed by atoms with van der Waals surface area (Å²) in [5, 5.41) is 12.6. The van der Waals surface area contributed by atoms with Crippen LogP contribution in [0.4, 0.5) is 5.82 Å². The van der Waals surface area contributed by atoms with Gasteiger partial charge in [-0.2, -0.15) is 0 Å². The first-order chi connectivity index (χ1) is 9.06. The van der Waals surface area contributed by atoms with Crippen LogP contribution in [0.15, 0.2) is 42.5 Å². The summed E-state index contributed by atoms with van der Waals surface area (Å²) < 4.78 is 0. The highest BCUT2D eigenvalue weighted by Crippen LogP contribution is 2.15. The number of aliphatic hydroxyl groups is 1. The number of nitrogens with one attached hydrogen (secondary N) is 1. The third-order valence-corrected chi connectivity index (χ3v) is 2.71. The Hall–Kier alpha value is -1.91. The van der Waals surface area contributed by atoms with Crippen LogP contribution in [0.3, 0.4) is 0 Å². The quantitative estimate of drug-likeness (QED) is 0.914. The van der Waals surface area contributed by atoms with Crippen molar-refractivity contribution < 1.29 is 9.90 Å². The second-order valence-corrected chi connectivity index (χ2v) is 4.47. The topological polar surface area (TPSA) is 62.2 Å². The average molecular weight is 293 g/mol. The number of hydrogen-bond donors (Lipinski definition) is 2. The highest BCUT2D eigenvalue weighted by Gasteiger charge is 2.17. The first-order valence-corrected chi connectivity index (χ1v) is 6.05. The molecule has 0 spiro atoms. The van der Waals surface area contributed by atoms with Gasteiger partial charge < -0.3 is 10.4 Å². The number of aromatic nitrogens is 1. The molecule has 2 aromatic rings. The van der Waals surface area contributed by atoms with Gasteiger partial charge in [-0.15, -0.1) is 12.4 Å². The molecule has 1 heterocycles. The van der Waals surface area contributed by atoms with Crippen molar-refractivity contribution in [2.24, 2.45) is 0 Å². The zero-order valence-electron chi connectivity index (χ0n) is 11.3. The largest absolute Gasteiger partial charge is 0.378 e. The third kappa shape index (κ3) is 4.05. The molecule has 1 aromatic heterocycles. The monoisotopic (exact) mass is 292 g/mol. The Labute approximate surface area is 124 Å². The fourth-order valence-corrected chi connectivity index (χ4v) is 1.89. The number of amides is 1. The standard InChI is InChI=1S/C15H16N2O2.ClH/c1-10-8-11(2)16-13(9-10)17-15(19)14(18)12-6-4-3-5-7-12;/h3-9,14,18H,1-2H3,(H,16,17,19);1H. The predicted molar refractivity (Wildman–Crippen MR) is 81.0 cm³/mol. The molecule has 1 aromatic carbocycles. The zero-order chi connectivity index (χ0) is 13.8. The van der Waals surface area contributed by atoms with Crippen molar-refractivity contribution in [3.05, 3.63) is 59.3 Å². The summed E-state index contributed by atoms with van der Waals surface area (Å²) in [6.07, 6.45) is -1.19. The summed E-state index contributed by atoms with van der Waals surface area (Å²) in [5.41, 5.74) is 2.39. The normalized spacial score (nSPS) is 11.3. The second-order valence-electron chi connectivity index (χ2n) is 4.47. The number of aryl methyl sites for hydroxylation is 2. The van der Waals surface area contributed by atoms with E-state index in [1.165, 1.54) is 0 Å². The molecule has 0 fully saturated rings. The number of rotatable bonds is 3. The van der Waals surface area contributed by atoms with Gasteiger partial charge in [0.25, 0.3) is 5.91 Å². The fourth-order valence-electron chi connectivity index (χ4n) is 1.89. The molecule has 0 aliphatic heterocycles. The summed E-state index contributed by atoms with van der Waals surface area (Å²) in [6.45, 7) is 3.79. The van der Waals surface area contributed by atoms with Crippen LogP contribution in [-0.2, 0) is 4.79 Å². The molecular weight excluding hydrogens is 276 g/mol. The van der Waals surface area contributed by atoms with E-state index in [4.69, 9.17) is 0 Å². The van der Waals surface area contributed by atoms with Gasteiger partial charge in [-0.1, -0.05) is 30.3 Å². The molecule has 0 radical (unpaired) electrons. The van der Waals surface area contributed by atoms with Gasteiger partial charge in [-0.25, -0.2) is 4.98 Å². The number of hydrogen-bond acceptors (Lipinski definition) is 3. The molecule has 1 unspecified atom stereocenters. The smallest absolute Gasteiger partial charge is 0.258 e. The molecule has 0 aliphatic carbocycles. The molecule has 5 heteroatoms. The lowest BCUT2D eigenvalue weighted by molar-refractivity contribution is -0.124. The first kappa shape index (κ1) is 16.1. The van der Waals surface area contributed by atoms with Gasteiger partial charge in [-0.3, -0.25) is 4.79 Å². The van der Waals surface area contributed by atoms with Gasteiger partial charge in [0, 0.05) is 5.69 Å². The molecule has 20 heavy (non-hydrogen) atoms. The molecule has 0 bridgehead atoms. The number of anilines is 1. The van der Waals surface area contributed by atoms with Gasteiger partial charge in [0.1, 0.15) is 5.82 Å². The lowest BCUT2D eigenvalue weighted by Gasteiger charge is -2.11. The average Bonchev–Trinajstić information content (AvgIpc) is 2.37. The van der Waals surface area contributed by atoms with E-state index >= 15 is 0 Å². The van der Waals surface area contributed by atoms with Gasteiger partial charge in [0.05, 0.1) is 0 Å². The molecule has 0 saturated carbocycles. The highest BCUT2D eigenvalue weighted by molar-refractivity contribution is 5.93.